The number of rotatable bonds is 19. The fourth-order valence-electron chi connectivity index (χ4n) is 4.60. The Hall–Kier alpha value is -2.10. The van der Waals surface area contributed by atoms with Crippen LogP contribution >= 0.6 is 0 Å². The molecule has 0 amide bonds. The molecule has 0 aliphatic heterocycles. The fraction of sp³-hybridized carbons (Fsp3) is 0.581. The summed E-state index contributed by atoms with van der Waals surface area (Å²) in [6.45, 7) is 12.6. The SMILES string of the molecule is COc1ccc(COC(=O)c2ccc(OCCCCCCCCCCC[Si](C)(C)O[Si](C)(C)C)cc2)cc1. The smallest absolute Gasteiger partial charge is 0.338 e. The third-order valence-corrected chi connectivity index (χ3v) is 12.6. The van der Waals surface area contributed by atoms with Crippen molar-refractivity contribution in [3.8, 4) is 11.5 Å². The average Bonchev–Trinajstić information content (AvgIpc) is 2.87. The summed E-state index contributed by atoms with van der Waals surface area (Å²) >= 11 is 0. The molecule has 38 heavy (non-hydrogen) atoms. The lowest BCUT2D eigenvalue weighted by molar-refractivity contribution is 0.0472. The van der Waals surface area contributed by atoms with Gasteiger partial charge in [0.2, 0.25) is 0 Å². The Morgan fingerprint density at radius 2 is 1.21 bits per heavy atom. The summed E-state index contributed by atoms with van der Waals surface area (Å²) in [5.41, 5.74) is 1.44. The molecule has 2 aromatic rings. The van der Waals surface area contributed by atoms with Crippen molar-refractivity contribution < 1.29 is 23.1 Å². The molecule has 2 rings (SSSR count). The number of unbranched alkanes of at least 4 members (excludes halogenated alkanes) is 8. The molecule has 0 unspecified atom stereocenters. The normalized spacial score (nSPS) is 11.8. The molecule has 212 valence electrons. The van der Waals surface area contributed by atoms with Crippen LogP contribution in [0.4, 0.5) is 0 Å². The van der Waals surface area contributed by atoms with E-state index in [0.29, 0.717) is 12.2 Å². The first-order chi connectivity index (χ1) is 18.1. The van der Waals surface area contributed by atoms with Gasteiger partial charge in [0.25, 0.3) is 0 Å². The lowest BCUT2D eigenvalue weighted by Crippen LogP contribution is -2.42. The average molecular weight is 559 g/mol. The van der Waals surface area contributed by atoms with Crippen LogP contribution in [-0.4, -0.2) is 36.3 Å². The standard InChI is InChI=1S/C31H50O5Si2/c1-33-29-20-16-27(17-21-29)26-35-31(32)28-18-22-30(23-19-28)34-24-14-12-10-8-7-9-11-13-15-25-38(5,6)36-37(2,3)4/h16-23H,7-15,24-26H2,1-6H3. The third-order valence-electron chi connectivity index (χ3n) is 6.39. The van der Waals surface area contributed by atoms with E-state index in [0.717, 1.165) is 23.5 Å². The molecule has 0 aliphatic carbocycles. The van der Waals surface area contributed by atoms with Crippen molar-refractivity contribution in [2.45, 2.75) is 103 Å². The molecule has 0 heterocycles. The highest BCUT2D eigenvalue weighted by atomic mass is 28.4. The number of hydrogen-bond acceptors (Lipinski definition) is 5. The van der Waals surface area contributed by atoms with E-state index in [9.17, 15) is 4.79 Å². The summed E-state index contributed by atoms with van der Waals surface area (Å²) in [4.78, 5) is 12.3. The Balaban J connectivity index is 1.47. The van der Waals surface area contributed by atoms with Crippen molar-refractivity contribution in [2.24, 2.45) is 0 Å². The molecule has 0 radical (unpaired) electrons. The first kappa shape index (κ1) is 32.1. The molecule has 0 atom stereocenters. The molecule has 0 N–H and O–H groups in total. The van der Waals surface area contributed by atoms with E-state index in [1.54, 1.807) is 19.2 Å². The zero-order valence-corrected chi connectivity index (χ0v) is 26.6. The van der Waals surface area contributed by atoms with Gasteiger partial charge < -0.3 is 18.3 Å². The van der Waals surface area contributed by atoms with Crippen LogP contribution in [0.25, 0.3) is 0 Å². The van der Waals surface area contributed by atoms with Crippen molar-refractivity contribution in [2.75, 3.05) is 13.7 Å². The number of hydrogen-bond donors (Lipinski definition) is 0. The highest BCUT2D eigenvalue weighted by molar-refractivity contribution is 6.84. The fourth-order valence-corrected chi connectivity index (χ4v) is 12.7. The van der Waals surface area contributed by atoms with Gasteiger partial charge in [-0.3, -0.25) is 0 Å². The van der Waals surface area contributed by atoms with Gasteiger partial charge in [0.05, 0.1) is 19.3 Å². The van der Waals surface area contributed by atoms with Gasteiger partial charge in [-0.1, -0.05) is 63.5 Å². The van der Waals surface area contributed by atoms with Crippen LogP contribution in [0.1, 0.15) is 73.7 Å². The van der Waals surface area contributed by atoms with E-state index in [1.807, 2.05) is 36.4 Å². The highest BCUT2D eigenvalue weighted by Crippen LogP contribution is 2.22. The van der Waals surface area contributed by atoms with Gasteiger partial charge >= 0.3 is 5.97 Å². The van der Waals surface area contributed by atoms with Crippen LogP contribution in [0.15, 0.2) is 48.5 Å². The number of esters is 1. The van der Waals surface area contributed by atoms with E-state index in [1.165, 1.54) is 57.4 Å². The Kier molecular flexibility index (Phi) is 14.2. The lowest BCUT2D eigenvalue weighted by atomic mass is 10.1. The monoisotopic (exact) mass is 558 g/mol. The minimum atomic E-state index is -1.46. The summed E-state index contributed by atoms with van der Waals surface area (Å²) < 4.78 is 22.8. The summed E-state index contributed by atoms with van der Waals surface area (Å²) in [6, 6.07) is 16.0. The third kappa shape index (κ3) is 14.2. The highest BCUT2D eigenvalue weighted by Gasteiger charge is 2.28. The second-order valence-electron chi connectivity index (χ2n) is 11.7. The van der Waals surface area contributed by atoms with Crippen LogP contribution in [0, 0.1) is 0 Å². The van der Waals surface area contributed by atoms with Crippen LogP contribution in [0.2, 0.25) is 38.8 Å². The van der Waals surface area contributed by atoms with E-state index in [-0.39, 0.29) is 12.6 Å². The Labute approximate surface area is 233 Å². The van der Waals surface area contributed by atoms with E-state index in [2.05, 4.69) is 32.7 Å². The van der Waals surface area contributed by atoms with Crippen LogP contribution in [0.3, 0.4) is 0 Å². The molecule has 0 aliphatic rings. The zero-order chi connectivity index (χ0) is 27.9. The van der Waals surface area contributed by atoms with Crippen LogP contribution < -0.4 is 9.47 Å². The number of ether oxygens (including phenoxy) is 3. The van der Waals surface area contributed by atoms with Gasteiger partial charge in [-0.15, -0.1) is 0 Å². The van der Waals surface area contributed by atoms with Gasteiger partial charge in [0.15, 0.2) is 16.6 Å². The van der Waals surface area contributed by atoms with Gasteiger partial charge in [-0.05, 0) is 87.2 Å². The molecule has 0 saturated carbocycles. The van der Waals surface area contributed by atoms with E-state index in [4.69, 9.17) is 18.3 Å². The van der Waals surface area contributed by atoms with Crippen molar-refractivity contribution in [1.29, 1.82) is 0 Å². The maximum Gasteiger partial charge on any atom is 0.338 e. The van der Waals surface area contributed by atoms with Crippen molar-refractivity contribution >= 4 is 22.6 Å². The minimum Gasteiger partial charge on any atom is -0.497 e. The molecule has 0 spiro atoms. The second-order valence-corrected chi connectivity index (χ2v) is 20.8. The predicted octanol–water partition coefficient (Wildman–Crippen LogP) is 9.00. The van der Waals surface area contributed by atoms with Crippen molar-refractivity contribution in [3.05, 3.63) is 59.7 Å². The number of methoxy groups -OCH3 is 1. The molecule has 7 heteroatoms. The maximum atomic E-state index is 12.3. The summed E-state index contributed by atoms with van der Waals surface area (Å²) in [5, 5.41) is 0. The summed E-state index contributed by atoms with van der Waals surface area (Å²) in [6.07, 6.45) is 11.5. The van der Waals surface area contributed by atoms with Crippen molar-refractivity contribution in [1.82, 2.24) is 0 Å². The predicted molar refractivity (Wildman–Crippen MR) is 162 cm³/mol. The van der Waals surface area contributed by atoms with Gasteiger partial charge in [0, 0.05) is 0 Å². The number of benzene rings is 2. The zero-order valence-electron chi connectivity index (χ0n) is 24.6. The Morgan fingerprint density at radius 3 is 1.76 bits per heavy atom. The van der Waals surface area contributed by atoms with E-state index < -0.39 is 16.6 Å². The molecule has 0 saturated heterocycles. The largest absolute Gasteiger partial charge is 0.497 e. The molecule has 0 bridgehead atoms. The second kappa shape index (κ2) is 16.8. The maximum absolute atomic E-state index is 12.3. The van der Waals surface area contributed by atoms with E-state index >= 15 is 0 Å². The minimum absolute atomic E-state index is 0.231. The molecule has 5 nitrogen and oxygen atoms in total. The number of carbonyl (C=O) groups is 1. The topological polar surface area (TPSA) is 54.0 Å². The first-order valence-electron chi connectivity index (χ1n) is 14.3. The van der Waals surface area contributed by atoms with Crippen molar-refractivity contribution in [3.63, 3.8) is 0 Å². The molecule has 2 aromatic carbocycles. The molecular weight excluding hydrogens is 509 g/mol. The van der Waals surface area contributed by atoms with Gasteiger partial charge in [0.1, 0.15) is 18.1 Å². The quantitative estimate of drug-likeness (QED) is 0.0978. The summed E-state index contributed by atoms with van der Waals surface area (Å²) in [7, 11) is -1.23. The lowest BCUT2D eigenvalue weighted by Gasteiger charge is -2.31. The van der Waals surface area contributed by atoms with Gasteiger partial charge in [-0.2, -0.15) is 0 Å². The van der Waals surface area contributed by atoms with Gasteiger partial charge in [-0.25, -0.2) is 4.79 Å². The van der Waals surface area contributed by atoms with Crippen LogP contribution in [0.5, 0.6) is 11.5 Å². The first-order valence-corrected chi connectivity index (χ1v) is 20.8. The van der Waals surface area contributed by atoms with Crippen LogP contribution in [-0.2, 0) is 15.5 Å². The molecular formula is C31H50O5Si2. The molecule has 0 fully saturated rings. The summed E-state index contributed by atoms with van der Waals surface area (Å²) in [5.74, 6) is 1.23. The molecule has 0 aromatic heterocycles. The Bertz CT molecular complexity index is 921. The Morgan fingerprint density at radius 1 is 0.684 bits per heavy atom. The number of carbonyl (C=O) groups excluding carboxylic acids is 1.